The van der Waals surface area contributed by atoms with Gasteiger partial charge in [-0.2, -0.15) is 11.8 Å². The number of ether oxygens (including phenoxy) is 1. The van der Waals surface area contributed by atoms with Gasteiger partial charge >= 0.3 is 5.97 Å². The Labute approximate surface area is 200 Å². The van der Waals surface area contributed by atoms with Crippen LogP contribution in [0.15, 0.2) is 30.5 Å². The maximum absolute atomic E-state index is 13.1. The number of hydrogen-bond donors (Lipinski definition) is 1. The largest absolute Gasteiger partial charge is 0.497 e. The van der Waals surface area contributed by atoms with Crippen LogP contribution in [0.5, 0.6) is 5.75 Å². The molecule has 1 aromatic heterocycles. The number of rotatable bonds is 10. The normalized spacial score (nSPS) is 22.0. The van der Waals surface area contributed by atoms with Crippen molar-refractivity contribution in [2.24, 2.45) is 11.8 Å². The molecule has 2 aromatic rings. The Morgan fingerprint density at radius 1 is 1.21 bits per heavy atom. The van der Waals surface area contributed by atoms with Crippen molar-refractivity contribution in [3.8, 4) is 5.75 Å². The smallest absolute Gasteiger partial charge is 0.308 e. The van der Waals surface area contributed by atoms with Gasteiger partial charge in [-0.25, -0.2) is 0 Å². The third-order valence-electron chi connectivity index (χ3n) is 7.21. The Morgan fingerprint density at radius 2 is 2.03 bits per heavy atom. The van der Waals surface area contributed by atoms with E-state index in [2.05, 4.69) is 21.6 Å². The highest BCUT2D eigenvalue weighted by Gasteiger charge is 2.34. The van der Waals surface area contributed by atoms with Crippen LogP contribution in [0.25, 0.3) is 10.9 Å². The van der Waals surface area contributed by atoms with Crippen LogP contribution in [0.4, 0.5) is 0 Å². The summed E-state index contributed by atoms with van der Waals surface area (Å²) < 4.78 is 5.31. The number of Topliss-reactive ketones (excluding diaryl/α,β-unsaturated/α-hetero) is 1. The van der Waals surface area contributed by atoms with Gasteiger partial charge in [0.15, 0.2) is 5.78 Å². The van der Waals surface area contributed by atoms with Crippen molar-refractivity contribution in [2.45, 2.75) is 50.2 Å². The summed E-state index contributed by atoms with van der Waals surface area (Å²) in [6, 6.07) is 7.29. The van der Waals surface area contributed by atoms with Crippen LogP contribution in [-0.2, 0) is 4.79 Å². The van der Waals surface area contributed by atoms with Crippen LogP contribution < -0.4 is 4.74 Å². The van der Waals surface area contributed by atoms with Crippen molar-refractivity contribution in [1.29, 1.82) is 0 Å². The molecule has 2 unspecified atom stereocenters. The van der Waals surface area contributed by atoms with E-state index in [1.807, 2.05) is 18.2 Å². The summed E-state index contributed by atoms with van der Waals surface area (Å²) in [4.78, 5) is 31.8. The molecule has 178 valence electrons. The summed E-state index contributed by atoms with van der Waals surface area (Å²) in [6.07, 6.45) is 8.82. The highest BCUT2D eigenvalue weighted by Crippen LogP contribution is 2.32. The molecule has 2 heterocycles. The van der Waals surface area contributed by atoms with Crippen molar-refractivity contribution >= 4 is 34.4 Å². The molecule has 2 aliphatic rings. The van der Waals surface area contributed by atoms with Crippen LogP contribution in [0.3, 0.4) is 0 Å². The van der Waals surface area contributed by atoms with E-state index < -0.39 is 11.9 Å². The number of carbonyl (C=O) groups excluding carboxylic acids is 1. The van der Waals surface area contributed by atoms with E-state index in [1.165, 1.54) is 25.7 Å². The number of piperidine rings is 1. The number of hydrogen-bond acceptors (Lipinski definition) is 6. The second-order valence-electron chi connectivity index (χ2n) is 9.27. The number of likely N-dealkylation sites (tertiary alicyclic amines) is 1. The zero-order valence-electron chi connectivity index (χ0n) is 19.4. The number of aromatic nitrogens is 1. The lowest BCUT2D eigenvalue weighted by molar-refractivity contribution is -0.146. The lowest BCUT2D eigenvalue weighted by Gasteiger charge is -2.36. The molecular weight excluding hydrogens is 436 g/mol. The molecule has 2 fully saturated rings. The first-order valence-corrected chi connectivity index (χ1v) is 13.1. The number of benzene rings is 1. The molecule has 7 heteroatoms. The van der Waals surface area contributed by atoms with Crippen molar-refractivity contribution in [3.05, 3.63) is 36.0 Å². The van der Waals surface area contributed by atoms with E-state index in [1.54, 1.807) is 19.4 Å². The molecule has 1 aliphatic carbocycles. The third kappa shape index (κ3) is 6.07. The van der Waals surface area contributed by atoms with E-state index in [0.717, 1.165) is 41.4 Å². The van der Waals surface area contributed by atoms with Gasteiger partial charge in [0.05, 0.1) is 18.5 Å². The first-order valence-electron chi connectivity index (χ1n) is 12.1. The fourth-order valence-corrected chi connectivity index (χ4v) is 6.61. The number of carboxylic acids is 1. The quantitative estimate of drug-likeness (QED) is 0.495. The predicted molar refractivity (Wildman–Crippen MR) is 132 cm³/mol. The number of methoxy groups -OCH3 is 1. The molecule has 1 saturated carbocycles. The minimum Gasteiger partial charge on any atom is -0.497 e. The van der Waals surface area contributed by atoms with Gasteiger partial charge in [-0.15, -0.1) is 0 Å². The van der Waals surface area contributed by atoms with E-state index in [9.17, 15) is 14.7 Å². The van der Waals surface area contributed by atoms with Crippen LogP contribution in [0.2, 0.25) is 0 Å². The molecule has 0 amide bonds. The summed E-state index contributed by atoms with van der Waals surface area (Å²) in [7, 11) is 1.60. The number of thioether (sulfide) groups is 1. The molecule has 1 saturated heterocycles. The number of pyridine rings is 1. The minimum atomic E-state index is -0.736. The van der Waals surface area contributed by atoms with Gasteiger partial charge in [0.2, 0.25) is 0 Å². The number of fused-ring (bicyclic) bond motifs is 1. The van der Waals surface area contributed by atoms with E-state index in [4.69, 9.17) is 4.74 Å². The summed E-state index contributed by atoms with van der Waals surface area (Å²) >= 11 is 2.06. The molecular formula is C26H34N2O4S. The molecule has 1 aliphatic heterocycles. The summed E-state index contributed by atoms with van der Waals surface area (Å²) in [5, 5.41) is 11.4. The summed E-state index contributed by atoms with van der Waals surface area (Å²) in [5.41, 5.74) is 1.39. The van der Waals surface area contributed by atoms with Gasteiger partial charge in [0.25, 0.3) is 0 Å². The van der Waals surface area contributed by atoms with Gasteiger partial charge < -0.3 is 14.7 Å². The van der Waals surface area contributed by atoms with Crippen LogP contribution >= 0.6 is 11.8 Å². The zero-order chi connectivity index (χ0) is 23.2. The first kappa shape index (κ1) is 24.0. The van der Waals surface area contributed by atoms with Crippen LogP contribution in [0, 0.1) is 11.8 Å². The van der Waals surface area contributed by atoms with E-state index in [-0.39, 0.29) is 11.7 Å². The zero-order valence-corrected chi connectivity index (χ0v) is 20.2. The second kappa shape index (κ2) is 11.3. The van der Waals surface area contributed by atoms with Gasteiger partial charge in [0.1, 0.15) is 5.75 Å². The molecule has 0 spiro atoms. The standard InChI is InChI=1S/C26H34N2O4S/c1-32-19-7-8-24-22(16-19)21(10-12-27-24)25(29)9-6-18-11-13-28(17-23(18)26(30)31)14-15-33-20-4-2-3-5-20/h7-8,10,12,16,18,20,23H,2-6,9,11,13-15,17H2,1H3,(H,30,31). The molecule has 1 N–H and O–H groups in total. The van der Waals surface area contributed by atoms with Gasteiger partial charge in [-0.3, -0.25) is 14.6 Å². The van der Waals surface area contributed by atoms with Crippen LogP contribution in [-0.4, -0.2) is 64.5 Å². The maximum atomic E-state index is 13.1. The topological polar surface area (TPSA) is 79.7 Å². The first-order chi connectivity index (χ1) is 16.0. The number of ketones is 1. The molecule has 4 rings (SSSR count). The van der Waals surface area contributed by atoms with Gasteiger partial charge in [0, 0.05) is 47.7 Å². The monoisotopic (exact) mass is 470 g/mol. The number of aliphatic carboxylic acids is 1. The molecule has 0 radical (unpaired) electrons. The molecule has 1 aromatic carbocycles. The van der Waals surface area contributed by atoms with Gasteiger partial charge in [-0.05, 0) is 62.4 Å². The maximum Gasteiger partial charge on any atom is 0.308 e. The third-order valence-corrected chi connectivity index (χ3v) is 8.57. The highest BCUT2D eigenvalue weighted by atomic mass is 32.2. The SMILES string of the molecule is COc1ccc2nccc(C(=O)CCC3CCN(CCSC4CCCC4)CC3C(=O)O)c2c1. The minimum absolute atomic E-state index is 0.0350. The lowest BCUT2D eigenvalue weighted by Crippen LogP contribution is -2.44. The predicted octanol–water partition coefficient (Wildman–Crippen LogP) is 4.90. The number of carbonyl (C=O) groups is 2. The molecule has 33 heavy (non-hydrogen) atoms. The molecule has 6 nitrogen and oxygen atoms in total. The van der Waals surface area contributed by atoms with Crippen LogP contribution in [0.1, 0.15) is 55.3 Å². The Kier molecular flexibility index (Phi) is 8.25. The lowest BCUT2D eigenvalue weighted by atomic mass is 9.81. The second-order valence-corrected chi connectivity index (χ2v) is 10.7. The fraction of sp³-hybridized carbons (Fsp3) is 0.577. The number of nitrogens with zero attached hydrogens (tertiary/aromatic N) is 2. The van der Waals surface area contributed by atoms with Crippen molar-refractivity contribution < 1.29 is 19.4 Å². The Hall–Kier alpha value is -2.12. The van der Waals surface area contributed by atoms with Crippen molar-refractivity contribution in [3.63, 3.8) is 0 Å². The molecule has 0 bridgehead atoms. The Bertz CT molecular complexity index is 976. The number of carboxylic acid groups (broad SMARTS) is 1. The van der Waals surface area contributed by atoms with E-state index in [0.29, 0.717) is 30.7 Å². The fourth-order valence-electron chi connectivity index (χ4n) is 5.25. The average Bonchev–Trinajstić information content (AvgIpc) is 3.35. The van der Waals surface area contributed by atoms with E-state index >= 15 is 0 Å². The summed E-state index contributed by atoms with van der Waals surface area (Å²) in [6.45, 7) is 2.47. The summed E-state index contributed by atoms with van der Waals surface area (Å²) in [5.74, 6) is 0.701. The Morgan fingerprint density at radius 3 is 2.79 bits per heavy atom. The highest BCUT2D eigenvalue weighted by molar-refractivity contribution is 7.99. The average molecular weight is 471 g/mol. The van der Waals surface area contributed by atoms with Gasteiger partial charge in [-0.1, -0.05) is 12.8 Å². The molecule has 2 atom stereocenters. The Balaban J connectivity index is 1.33. The van der Waals surface area contributed by atoms with Crippen molar-refractivity contribution in [2.75, 3.05) is 32.5 Å². The van der Waals surface area contributed by atoms with Crippen molar-refractivity contribution in [1.82, 2.24) is 9.88 Å².